The van der Waals surface area contributed by atoms with Gasteiger partial charge in [0, 0.05) is 6.04 Å². The second-order valence-electron chi connectivity index (χ2n) is 4.47. The number of nitrogens with two attached hydrogens (primary N) is 1. The van der Waals surface area contributed by atoms with Crippen LogP contribution in [0.4, 0.5) is 0 Å². The number of para-hydroxylation sites is 1. The molecule has 0 saturated heterocycles. The molecule has 1 aromatic rings. The zero-order valence-corrected chi connectivity index (χ0v) is 10.9. The van der Waals surface area contributed by atoms with Crippen LogP contribution in [0.2, 0.25) is 0 Å². The van der Waals surface area contributed by atoms with Crippen molar-refractivity contribution in [3.05, 3.63) is 29.8 Å². The lowest BCUT2D eigenvalue weighted by atomic mass is 10.0. The largest absolute Gasteiger partial charge is 0.496 e. The van der Waals surface area contributed by atoms with Crippen molar-refractivity contribution in [3.63, 3.8) is 0 Å². The van der Waals surface area contributed by atoms with Crippen molar-refractivity contribution in [1.82, 2.24) is 10.3 Å². The summed E-state index contributed by atoms with van der Waals surface area (Å²) in [6.07, 6.45) is 1.90. The van der Waals surface area contributed by atoms with Gasteiger partial charge in [-0.2, -0.15) is 0 Å². The third kappa shape index (κ3) is 4.73. The van der Waals surface area contributed by atoms with Crippen molar-refractivity contribution in [3.8, 4) is 5.75 Å². The number of nitrogens with one attached hydrogen (secondary N) is 1. The smallest absolute Gasteiger partial charge is 0.122 e. The SMILES string of the molecule is COc1ccccc1CC(CCN(C)C)NN. The van der Waals surface area contributed by atoms with Crippen LogP contribution in [0, 0.1) is 0 Å². The fourth-order valence-electron chi connectivity index (χ4n) is 1.80. The maximum Gasteiger partial charge on any atom is 0.122 e. The lowest BCUT2D eigenvalue weighted by Gasteiger charge is -2.19. The third-order valence-corrected chi connectivity index (χ3v) is 2.82. The number of rotatable bonds is 7. The van der Waals surface area contributed by atoms with E-state index in [0.717, 1.165) is 25.1 Å². The standard InChI is InChI=1S/C13H23N3O/c1-16(2)9-8-12(15-14)10-11-6-4-5-7-13(11)17-3/h4-7,12,15H,8-10,14H2,1-3H3. The van der Waals surface area contributed by atoms with Crippen LogP contribution in [0.5, 0.6) is 5.75 Å². The zero-order chi connectivity index (χ0) is 12.7. The van der Waals surface area contributed by atoms with E-state index in [0.29, 0.717) is 0 Å². The lowest BCUT2D eigenvalue weighted by molar-refractivity contribution is 0.354. The highest BCUT2D eigenvalue weighted by molar-refractivity contribution is 5.33. The molecule has 4 nitrogen and oxygen atoms in total. The van der Waals surface area contributed by atoms with Crippen LogP contribution in [0.25, 0.3) is 0 Å². The minimum absolute atomic E-state index is 0.272. The minimum Gasteiger partial charge on any atom is -0.496 e. The number of benzene rings is 1. The Labute approximate surface area is 104 Å². The molecule has 1 atom stereocenters. The summed E-state index contributed by atoms with van der Waals surface area (Å²) in [6.45, 7) is 1.02. The highest BCUT2D eigenvalue weighted by Gasteiger charge is 2.11. The van der Waals surface area contributed by atoms with Crippen molar-refractivity contribution in [2.75, 3.05) is 27.7 Å². The Morgan fingerprint density at radius 1 is 1.35 bits per heavy atom. The summed E-state index contributed by atoms with van der Waals surface area (Å²) in [7, 11) is 5.83. The maximum absolute atomic E-state index is 5.59. The van der Waals surface area contributed by atoms with E-state index in [-0.39, 0.29) is 6.04 Å². The van der Waals surface area contributed by atoms with Gasteiger partial charge in [0.15, 0.2) is 0 Å². The van der Waals surface area contributed by atoms with E-state index in [1.165, 1.54) is 5.56 Å². The second kappa shape index (κ2) is 7.27. The molecule has 0 radical (unpaired) electrons. The first-order valence-electron chi connectivity index (χ1n) is 5.90. The number of methoxy groups -OCH3 is 1. The van der Waals surface area contributed by atoms with Crippen LogP contribution in [0.15, 0.2) is 24.3 Å². The van der Waals surface area contributed by atoms with E-state index in [1.54, 1.807) is 7.11 Å². The molecule has 3 N–H and O–H groups in total. The molecule has 0 aliphatic carbocycles. The number of hydrogen-bond acceptors (Lipinski definition) is 4. The molecule has 17 heavy (non-hydrogen) atoms. The van der Waals surface area contributed by atoms with Gasteiger partial charge in [-0.05, 0) is 45.1 Å². The molecular weight excluding hydrogens is 214 g/mol. The number of nitrogens with zero attached hydrogens (tertiary/aromatic N) is 1. The van der Waals surface area contributed by atoms with Crippen LogP contribution >= 0.6 is 0 Å². The Balaban J connectivity index is 2.60. The van der Waals surface area contributed by atoms with Gasteiger partial charge in [-0.25, -0.2) is 0 Å². The molecule has 0 aliphatic rings. The van der Waals surface area contributed by atoms with Crippen LogP contribution in [-0.4, -0.2) is 38.7 Å². The molecule has 0 bridgehead atoms. The van der Waals surface area contributed by atoms with Crippen molar-refractivity contribution >= 4 is 0 Å². The van der Waals surface area contributed by atoms with Crippen LogP contribution in [0.3, 0.4) is 0 Å². The number of ether oxygens (including phenoxy) is 1. The average Bonchev–Trinajstić information content (AvgIpc) is 2.34. The molecule has 1 rings (SSSR count). The van der Waals surface area contributed by atoms with Gasteiger partial charge < -0.3 is 9.64 Å². The van der Waals surface area contributed by atoms with Crippen molar-refractivity contribution < 1.29 is 4.74 Å². The molecule has 0 amide bonds. The molecule has 0 fully saturated rings. The molecule has 0 aliphatic heterocycles. The first-order valence-corrected chi connectivity index (χ1v) is 5.90. The predicted octanol–water partition coefficient (Wildman–Crippen LogP) is 1.02. The normalized spacial score (nSPS) is 12.8. The zero-order valence-electron chi connectivity index (χ0n) is 10.9. The van der Waals surface area contributed by atoms with Crippen molar-refractivity contribution in [2.45, 2.75) is 18.9 Å². The number of hydrogen-bond donors (Lipinski definition) is 2. The Morgan fingerprint density at radius 3 is 2.65 bits per heavy atom. The first-order chi connectivity index (χ1) is 8.17. The van der Waals surface area contributed by atoms with Gasteiger partial charge in [0.05, 0.1) is 7.11 Å². The van der Waals surface area contributed by atoms with E-state index in [2.05, 4.69) is 30.5 Å². The average molecular weight is 237 g/mol. The predicted molar refractivity (Wildman–Crippen MR) is 71.0 cm³/mol. The summed E-state index contributed by atoms with van der Waals surface area (Å²) < 4.78 is 5.34. The van der Waals surface area contributed by atoms with Gasteiger partial charge in [0.1, 0.15) is 5.75 Å². The van der Waals surface area contributed by atoms with Gasteiger partial charge in [0.2, 0.25) is 0 Å². The Kier molecular flexibility index (Phi) is 5.97. The van der Waals surface area contributed by atoms with Crippen LogP contribution < -0.4 is 16.0 Å². The summed E-state index contributed by atoms with van der Waals surface area (Å²) in [6, 6.07) is 8.34. The highest BCUT2D eigenvalue weighted by atomic mass is 16.5. The summed E-state index contributed by atoms with van der Waals surface area (Å²) in [5.74, 6) is 6.52. The molecule has 96 valence electrons. The molecule has 0 aromatic heterocycles. The number of hydrazine groups is 1. The summed E-state index contributed by atoms with van der Waals surface area (Å²) >= 11 is 0. The molecular formula is C13H23N3O. The Hall–Kier alpha value is -1.10. The third-order valence-electron chi connectivity index (χ3n) is 2.82. The van der Waals surface area contributed by atoms with E-state index in [9.17, 15) is 0 Å². The molecule has 0 heterocycles. The van der Waals surface area contributed by atoms with Gasteiger partial charge in [-0.15, -0.1) is 0 Å². The monoisotopic (exact) mass is 237 g/mol. The molecule has 1 unspecified atom stereocenters. The quantitative estimate of drug-likeness (QED) is 0.549. The van der Waals surface area contributed by atoms with Crippen LogP contribution in [-0.2, 0) is 6.42 Å². The van der Waals surface area contributed by atoms with E-state index < -0.39 is 0 Å². The van der Waals surface area contributed by atoms with Gasteiger partial charge in [0.25, 0.3) is 0 Å². The molecule has 4 heteroatoms. The summed E-state index contributed by atoms with van der Waals surface area (Å²) in [5.41, 5.74) is 4.07. The fraction of sp³-hybridized carbons (Fsp3) is 0.538. The van der Waals surface area contributed by atoms with Gasteiger partial charge >= 0.3 is 0 Å². The minimum atomic E-state index is 0.272. The summed E-state index contributed by atoms with van der Waals surface area (Å²) in [5, 5.41) is 0. The second-order valence-corrected chi connectivity index (χ2v) is 4.47. The van der Waals surface area contributed by atoms with Crippen LogP contribution in [0.1, 0.15) is 12.0 Å². The Bertz CT molecular complexity index is 328. The molecule has 0 spiro atoms. The summed E-state index contributed by atoms with van der Waals surface area (Å²) in [4.78, 5) is 2.16. The topological polar surface area (TPSA) is 50.5 Å². The highest BCUT2D eigenvalue weighted by Crippen LogP contribution is 2.19. The molecule has 1 aromatic carbocycles. The van der Waals surface area contributed by atoms with Crippen molar-refractivity contribution in [1.29, 1.82) is 0 Å². The Morgan fingerprint density at radius 2 is 2.06 bits per heavy atom. The van der Waals surface area contributed by atoms with Crippen molar-refractivity contribution in [2.24, 2.45) is 5.84 Å². The first kappa shape index (κ1) is 14.0. The fourth-order valence-corrected chi connectivity index (χ4v) is 1.80. The van der Waals surface area contributed by atoms with E-state index in [4.69, 9.17) is 10.6 Å². The van der Waals surface area contributed by atoms with E-state index in [1.807, 2.05) is 18.2 Å². The van der Waals surface area contributed by atoms with E-state index >= 15 is 0 Å². The molecule has 0 saturated carbocycles. The lowest BCUT2D eigenvalue weighted by Crippen LogP contribution is -2.38. The van der Waals surface area contributed by atoms with Gasteiger partial charge in [-0.1, -0.05) is 18.2 Å². The van der Waals surface area contributed by atoms with Gasteiger partial charge in [-0.3, -0.25) is 11.3 Å². The maximum atomic E-state index is 5.59.